The normalized spacial score (nSPS) is 20.3. The molecule has 174 valence electrons. The van der Waals surface area contributed by atoms with Gasteiger partial charge < -0.3 is 20.1 Å². The molecule has 3 N–H and O–H groups in total. The van der Waals surface area contributed by atoms with Gasteiger partial charge in [0.05, 0.1) is 21.6 Å². The zero-order valence-electron chi connectivity index (χ0n) is 18.7. The third kappa shape index (κ3) is 4.62. The van der Waals surface area contributed by atoms with Gasteiger partial charge in [0, 0.05) is 23.9 Å². The first-order chi connectivity index (χ1) is 16.4. The second-order valence-electron chi connectivity index (χ2n) is 8.95. The van der Waals surface area contributed by atoms with Crippen LogP contribution in [0.4, 0.5) is 5.82 Å². The first-order valence-corrected chi connectivity index (χ1v) is 11.7. The first kappa shape index (κ1) is 22.4. The SMILES string of the molecule is CC1(O)CCC(Nc2ncnc3[nH]cc(C(=O)c4ccc(Oc5ccccc5)cc4Cl)c23)CC1. The van der Waals surface area contributed by atoms with Crippen LogP contribution < -0.4 is 10.1 Å². The van der Waals surface area contributed by atoms with Gasteiger partial charge in [-0.15, -0.1) is 0 Å². The van der Waals surface area contributed by atoms with Crippen molar-refractivity contribution >= 4 is 34.2 Å². The lowest BCUT2D eigenvalue weighted by atomic mass is 9.83. The Kier molecular flexibility index (Phi) is 5.98. The number of fused-ring (bicyclic) bond motifs is 1. The zero-order chi connectivity index (χ0) is 23.7. The number of nitrogens with one attached hydrogen (secondary N) is 2. The molecule has 0 amide bonds. The molecule has 34 heavy (non-hydrogen) atoms. The molecular formula is C26H25ClN4O3. The van der Waals surface area contributed by atoms with Crippen molar-refractivity contribution in [1.29, 1.82) is 0 Å². The second-order valence-corrected chi connectivity index (χ2v) is 9.36. The van der Waals surface area contributed by atoms with Gasteiger partial charge in [-0.3, -0.25) is 4.79 Å². The number of aromatic nitrogens is 3. The lowest BCUT2D eigenvalue weighted by Crippen LogP contribution is -2.36. The number of halogens is 1. The molecule has 2 heterocycles. The molecule has 2 aromatic carbocycles. The van der Waals surface area contributed by atoms with Crippen LogP contribution in [0.2, 0.25) is 5.02 Å². The van der Waals surface area contributed by atoms with Crippen LogP contribution in [0.25, 0.3) is 11.0 Å². The number of aliphatic hydroxyl groups is 1. The average Bonchev–Trinajstić information content (AvgIpc) is 3.26. The van der Waals surface area contributed by atoms with Gasteiger partial charge in [0.15, 0.2) is 5.78 Å². The van der Waals surface area contributed by atoms with Crippen molar-refractivity contribution in [1.82, 2.24) is 15.0 Å². The molecule has 0 atom stereocenters. The van der Waals surface area contributed by atoms with Gasteiger partial charge in [-0.2, -0.15) is 0 Å². The van der Waals surface area contributed by atoms with Gasteiger partial charge in [-0.05, 0) is 56.9 Å². The fourth-order valence-corrected chi connectivity index (χ4v) is 4.60. The Morgan fingerprint density at radius 1 is 1.12 bits per heavy atom. The minimum atomic E-state index is -0.623. The summed E-state index contributed by atoms with van der Waals surface area (Å²) < 4.78 is 5.82. The van der Waals surface area contributed by atoms with E-state index in [0.717, 1.165) is 12.8 Å². The monoisotopic (exact) mass is 476 g/mol. The summed E-state index contributed by atoms with van der Waals surface area (Å²) >= 11 is 6.50. The largest absolute Gasteiger partial charge is 0.457 e. The summed E-state index contributed by atoms with van der Waals surface area (Å²) in [5, 5.41) is 14.6. The van der Waals surface area contributed by atoms with E-state index in [-0.39, 0.29) is 11.8 Å². The molecule has 1 aliphatic carbocycles. The topological polar surface area (TPSA) is 100 Å². The molecular weight excluding hydrogens is 452 g/mol. The van der Waals surface area contributed by atoms with Gasteiger partial charge in [-0.25, -0.2) is 9.97 Å². The number of benzene rings is 2. The minimum Gasteiger partial charge on any atom is -0.457 e. The molecule has 4 aromatic rings. The maximum absolute atomic E-state index is 13.5. The number of ketones is 1. The Bertz CT molecular complexity index is 1330. The van der Waals surface area contributed by atoms with E-state index in [4.69, 9.17) is 16.3 Å². The highest BCUT2D eigenvalue weighted by Crippen LogP contribution is 2.33. The number of rotatable bonds is 6. The Balaban J connectivity index is 1.41. The Hall–Kier alpha value is -3.42. The smallest absolute Gasteiger partial charge is 0.196 e. The Morgan fingerprint density at radius 3 is 2.62 bits per heavy atom. The first-order valence-electron chi connectivity index (χ1n) is 11.3. The van der Waals surface area contributed by atoms with Crippen molar-refractivity contribution in [3.63, 3.8) is 0 Å². The molecule has 8 heteroatoms. The summed E-state index contributed by atoms with van der Waals surface area (Å²) in [4.78, 5) is 25.3. The summed E-state index contributed by atoms with van der Waals surface area (Å²) in [6.45, 7) is 1.87. The molecule has 1 aliphatic rings. The number of ether oxygens (including phenoxy) is 1. The number of nitrogens with zero attached hydrogens (tertiary/aromatic N) is 2. The number of para-hydroxylation sites is 1. The van der Waals surface area contributed by atoms with Crippen molar-refractivity contribution in [3.05, 3.63) is 77.2 Å². The van der Waals surface area contributed by atoms with Crippen LogP contribution in [0, 0.1) is 0 Å². The fourth-order valence-electron chi connectivity index (χ4n) is 4.34. The highest BCUT2D eigenvalue weighted by atomic mass is 35.5. The quantitative estimate of drug-likeness (QED) is 0.307. The highest BCUT2D eigenvalue weighted by Gasteiger charge is 2.29. The summed E-state index contributed by atoms with van der Waals surface area (Å²) in [6, 6.07) is 14.6. The van der Waals surface area contributed by atoms with E-state index in [1.807, 2.05) is 37.3 Å². The third-order valence-electron chi connectivity index (χ3n) is 6.28. The fraction of sp³-hybridized carbons (Fsp3) is 0.269. The van der Waals surface area contributed by atoms with E-state index in [9.17, 15) is 9.90 Å². The van der Waals surface area contributed by atoms with Crippen LogP contribution >= 0.6 is 11.6 Å². The predicted molar refractivity (Wildman–Crippen MR) is 132 cm³/mol. The standard InChI is InChI=1S/C26H25ClN4O3/c1-26(33)11-9-16(10-12-26)31-25-22-20(14-28-24(22)29-15-30-25)23(32)19-8-7-18(13-21(19)27)34-17-5-3-2-4-6-17/h2-8,13-16,33H,9-12H2,1H3,(H2,28,29,30,31). The zero-order valence-corrected chi connectivity index (χ0v) is 19.5. The van der Waals surface area contributed by atoms with Gasteiger partial charge in [0.1, 0.15) is 29.3 Å². The van der Waals surface area contributed by atoms with Gasteiger partial charge in [0.2, 0.25) is 0 Å². The number of hydrogen-bond acceptors (Lipinski definition) is 6. The van der Waals surface area contributed by atoms with E-state index in [2.05, 4.69) is 20.3 Å². The third-order valence-corrected chi connectivity index (χ3v) is 6.59. The van der Waals surface area contributed by atoms with Gasteiger partial charge in [-0.1, -0.05) is 29.8 Å². The van der Waals surface area contributed by atoms with Crippen molar-refractivity contribution in [2.45, 2.75) is 44.2 Å². The molecule has 1 fully saturated rings. The number of anilines is 1. The predicted octanol–water partition coefficient (Wildman–Crippen LogP) is 5.74. The molecule has 2 aromatic heterocycles. The number of aromatic amines is 1. The van der Waals surface area contributed by atoms with E-state index in [0.29, 0.717) is 57.3 Å². The molecule has 0 radical (unpaired) electrons. The summed E-state index contributed by atoms with van der Waals surface area (Å²) in [7, 11) is 0. The van der Waals surface area contributed by atoms with Crippen LogP contribution in [0.5, 0.6) is 11.5 Å². The molecule has 0 bridgehead atoms. The van der Waals surface area contributed by atoms with Crippen molar-refractivity contribution in [2.24, 2.45) is 0 Å². The lowest BCUT2D eigenvalue weighted by molar-refractivity contribution is 0.0196. The summed E-state index contributed by atoms with van der Waals surface area (Å²) in [6.07, 6.45) is 6.18. The van der Waals surface area contributed by atoms with Crippen LogP contribution in [0.1, 0.15) is 48.5 Å². The highest BCUT2D eigenvalue weighted by molar-refractivity contribution is 6.35. The number of carbonyl (C=O) groups is 1. The van der Waals surface area contributed by atoms with E-state index >= 15 is 0 Å². The number of H-pyrrole nitrogens is 1. The van der Waals surface area contributed by atoms with Crippen LogP contribution in [0.3, 0.4) is 0 Å². The van der Waals surface area contributed by atoms with Crippen LogP contribution in [0.15, 0.2) is 61.1 Å². The number of carbonyl (C=O) groups excluding carboxylic acids is 1. The van der Waals surface area contributed by atoms with E-state index < -0.39 is 5.60 Å². The molecule has 0 aliphatic heterocycles. The van der Waals surface area contributed by atoms with E-state index in [1.165, 1.54) is 6.33 Å². The van der Waals surface area contributed by atoms with Gasteiger partial charge in [0.25, 0.3) is 0 Å². The number of hydrogen-bond donors (Lipinski definition) is 3. The van der Waals surface area contributed by atoms with Crippen molar-refractivity contribution < 1.29 is 14.6 Å². The molecule has 1 saturated carbocycles. The van der Waals surface area contributed by atoms with E-state index in [1.54, 1.807) is 24.4 Å². The second kappa shape index (κ2) is 9.08. The van der Waals surface area contributed by atoms with Crippen molar-refractivity contribution in [3.8, 4) is 11.5 Å². The molecule has 0 saturated heterocycles. The summed E-state index contributed by atoms with van der Waals surface area (Å²) in [5.41, 5.74) is 0.761. The molecule has 0 spiro atoms. The lowest BCUT2D eigenvalue weighted by Gasteiger charge is -2.33. The van der Waals surface area contributed by atoms with Gasteiger partial charge >= 0.3 is 0 Å². The molecule has 5 rings (SSSR count). The van der Waals surface area contributed by atoms with Crippen molar-refractivity contribution in [2.75, 3.05) is 5.32 Å². The minimum absolute atomic E-state index is 0.161. The molecule has 7 nitrogen and oxygen atoms in total. The van der Waals surface area contributed by atoms with Crippen LogP contribution in [-0.2, 0) is 0 Å². The Morgan fingerprint density at radius 2 is 1.88 bits per heavy atom. The Labute approximate surface area is 202 Å². The van der Waals surface area contributed by atoms with Crippen LogP contribution in [-0.4, -0.2) is 37.5 Å². The maximum Gasteiger partial charge on any atom is 0.196 e. The average molecular weight is 477 g/mol. The molecule has 0 unspecified atom stereocenters. The maximum atomic E-state index is 13.5. The summed E-state index contributed by atoms with van der Waals surface area (Å²) in [5.74, 6) is 1.60.